The van der Waals surface area contributed by atoms with Crippen LogP contribution in [-0.2, 0) is 6.54 Å². The van der Waals surface area contributed by atoms with Gasteiger partial charge in [-0.15, -0.1) is 0 Å². The topological polar surface area (TPSA) is 30.5 Å². The van der Waals surface area contributed by atoms with E-state index in [1.54, 1.807) is 14.2 Å². The van der Waals surface area contributed by atoms with E-state index in [4.69, 9.17) is 9.47 Å². The van der Waals surface area contributed by atoms with E-state index in [-0.39, 0.29) is 0 Å². The van der Waals surface area contributed by atoms with Gasteiger partial charge in [-0.2, -0.15) is 0 Å². The zero-order valence-electron chi connectivity index (χ0n) is 10.6. The van der Waals surface area contributed by atoms with Crippen molar-refractivity contribution in [2.75, 3.05) is 19.5 Å². The summed E-state index contributed by atoms with van der Waals surface area (Å²) in [6.45, 7) is 0.699. The fourth-order valence-electron chi connectivity index (χ4n) is 1.85. The number of hydrogen-bond acceptors (Lipinski definition) is 3. The molecule has 0 aliphatic carbocycles. The molecule has 0 atom stereocenters. The van der Waals surface area contributed by atoms with Crippen LogP contribution in [0.4, 0.5) is 5.69 Å². The standard InChI is InChI=1S/C15H17NO2/c1-17-14-10-6-7-12(15(14)18-2)11-16-13-8-4-3-5-9-13/h3-10,16H,11H2,1-2H3. The van der Waals surface area contributed by atoms with E-state index in [2.05, 4.69) is 5.32 Å². The Morgan fingerprint density at radius 3 is 2.33 bits per heavy atom. The molecule has 3 nitrogen and oxygen atoms in total. The predicted octanol–water partition coefficient (Wildman–Crippen LogP) is 3.32. The molecule has 1 N–H and O–H groups in total. The minimum absolute atomic E-state index is 0.699. The van der Waals surface area contributed by atoms with Crippen LogP contribution in [0.3, 0.4) is 0 Å². The van der Waals surface area contributed by atoms with Gasteiger partial charge in [0.2, 0.25) is 0 Å². The van der Waals surface area contributed by atoms with Crippen LogP contribution in [0.2, 0.25) is 0 Å². The van der Waals surface area contributed by atoms with Crippen molar-refractivity contribution in [2.24, 2.45) is 0 Å². The number of methoxy groups -OCH3 is 2. The number of benzene rings is 2. The molecular weight excluding hydrogens is 226 g/mol. The molecule has 0 fully saturated rings. The van der Waals surface area contributed by atoms with Gasteiger partial charge in [-0.3, -0.25) is 0 Å². The summed E-state index contributed by atoms with van der Waals surface area (Å²) in [5.74, 6) is 1.54. The third-order valence-corrected chi connectivity index (χ3v) is 2.74. The first-order chi connectivity index (χ1) is 8.85. The summed E-state index contributed by atoms with van der Waals surface area (Å²) >= 11 is 0. The minimum Gasteiger partial charge on any atom is -0.493 e. The van der Waals surface area contributed by atoms with Crippen LogP contribution in [0, 0.1) is 0 Å². The van der Waals surface area contributed by atoms with E-state index < -0.39 is 0 Å². The second kappa shape index (κ2) is 5.96. The Labute approximate surface area is 107 Å². The highest BCUT2D eigenvalue weighted by atomic mass is 16.5. The molecule has 0 unspecified atom stereocenters. The molecule has 0 aliphatic rings. The van der Waals surface area contributed by atoms with Crippen molar-refractivity contribution >= 4 is 5.69 Å². The van der Waals surface area contributed by atoms with Crippen molar-refractivity contribution in [3.05, 3.63) is 54.1 Å². The summed E-state index contributed by atoms with van der Waals surface area (Å²) in [7, 11) is 3.30. The van der Waals surface area contributed by atoms with Gasteiger partial charge in [0.05, 0.1) is 14.2 Å². The lowest BCUT2D eigenvalue weighted by atomic mass is 10.1. The molecule has 0 spiro atoms. The first-order valence-electron chi connectivity index (χ1n) is 5.84. The summed E-state index contributed by atoms with van der Waals surface area (Å²) in [6, 6.07) is 16.0. The van der Waals surface area contributed by atoms with Crippen molar-refractivity contribution in [2.45, 2.75) is 6.54 Å². The molecule has 3 heteroatoms. The molecule has 0 aromatic heterocycles. The van der Waals surface area contributed by atoms with Gasteiger partial charge in [-0.05, 0) is 18.2 Å². The van der Waals surface area contributed by atoms with Crippen LogP contribution in [-0.4, -0.2) is 14.2 Å². The molecule has 0 saturated heterocycles. The molecule has 94 valence electrons. The Kier molecular flexibility index (Phi) is 4.07. The zero-order valence-corrected chi connectivity index (χ0v) is 10.6. The Hall–Kier alpha value is -2.16. The lowest BCUT2D eigenvalue weighted by Crippen LogP contribution is -2.02. The average Bonchev–Trinajstić information content (AvgIpc) is 2.45. The van der Waals surface area contributed by atoms with Crippen LogP contribution in [0.15, 0.2) is 48.5 Å². The Morgan fingerprint density at radius 1 is 0.889 bits per heavy atom. The molecule has 2 rings (SSSR count). The maximum Gasteiger partial charge on any atom is 0.165 e. The van der Waals surface area contributed by atoms with Gasteiger partial charge in [-0.25, -0.2) is 0 Å². The Bertz CT molecular complexity index is 497. The molecule has 0 radical (unpaired) electrons. The number of para-hydroxylation sites is 2. The van der Waals surface area contributed by atoms with Crippen molar-refractivity contribution < 1.29 is 9.47 Å². The van der Waals surface area contributed by atoms with Gasteiger partial charge in [0.25, 0.3) is 0 Å². The van der Waals surface area contributed by atoms with Crippen LogP contribution < -0.4 is 14.8 Å². The van der Waals surface area contributed by atoms with Crippen LogP contribution >= 0.6 is 0 Å². The zero-order chi connectivity index (χ0) is 12.8. The summed E-state index contributed by atoms with van der Waals surface area (Å²) in [4.78, 5) is 0. The largest absolute Gasteiger partial charge is 0.493 e. The molecule has 0 saturated carbocycles. The summed E-state index contributed by atoms with van der Waals surface area (Å²) in [6.07, 6.45) is 0. The van der Waals surface area contributed by atoms with Crippen molar-refractivity contribution in [3.8, 4) is 11.5 Å². The molecule has 2 aromatic rings. The Morgan fingerprint density at radius 2 is 1.67 bits per heavy atom. The number of hydrogen-bond donors (Lipinski definition) is 1. The second-order valence-corrected chi connectivity index (χ2v) is 3.87. The molecule has 0 amide bonds. The fraction of sp³-hybridized carbons (Fsp3) is 0.200. The van der Waals surface area contributed by atoms with Gasteiger partial charge in [0, 0.05) is 17.8 Å². The fourth-order valence-corrected chi connectivity index (χ4v) is 1.85. The van der Waals surface area contributed by atoms with Crippen LogP contribution in [0.5, 0.6) is 11.5 Å². The van der Waals surface area contributed by atoms with E-state index >= 15 is 0 Å². The highest BCUT2D eigenvalue weighted by Gasteiger charge is 2.08. The quantitative estimate of drug-likeness (QED) is 0.873. The normalized spacial score (nSPS) is 9.89. The summed E-state index contributed by atoms with van der Waals surface area (Å²) in [5, 5.41) is 3.35. The molecule has 0 heterocycles. The first-order valence-corrected chi connectivity index (χ1v) is 5.84. The van der Waals surface area contributed by atoms with Crippen molar-refractivity contribution in [1.82, 2.24) is 0 Å². The van der Waals surface area contributed by atoms with Crippen LogP contribution in [0.25, 0.3) is 0 Å². The monoisotopic (exact) mass is 243 g/mol. The first kappa shape index (κ1) is 12.3. The number of rotatable bonds is 5. The second-order valence-electron chi connectivity index (χ2n) is 3.87. The van der Waals surface area contributed by atoms with Gasteiger partial charge in [0.1, 0.15) is 0 Å². The van der Waals surface area contributed by atoms with Gasteiger partial charge in [0.15, 0.2) is 11.5 Å². The molecular formula is C15H17NO2. The van der Waals surface area contributed by atoms with E-state index in [1.165, 1.54) is 0 Å². The average molecular weight is 243 g/mol. The molecule has 0 bridgehead atoms. The number of ether oxygens (including phenoxy) is 2. The van der Waals surface area contributed by atoms with Crippen molar-refractivity contribution in [1.29, 1.82) is 0 Å². The van der Waals surface area contributed by atoms with E-state index in [0.29, 0.717) is 6.54 Å². The van der Waals surface area contributed by atoms with Crippen molar-refractivity contribution in [3.63, 3.8) is 0 Å². The highest BCUT2D eigenvalue weighted by Crippen LogP contribution is 2.31. The summed E-state index contributed by atoms with van der Waals surface area (Å²) < 4.78 is 10.7. The molecule has 0 aliphatic heterocycles. The van der Waals surface area contributed by atoms with Gasteiger partial charge < -0.3 is 14.8 Å². The SMILES string of the molecule is COc1cccc(CNc2ccccc2)c1OC. The van der Waals surface area contributed by atoms with Gasteiger partial charge in [-0.1, -0.05) is 30.3 Å². The third-order valence-electron chi connectivity index (χ3n) is 2.74. The maximum absolute atomic E-state index is 5.39. The lowest BCUT2D eigenvalue weighted by Gasteiger charge is -2.13. The Balaban J connectivity index is 2.14. The lowest BCUT2D eigenvalue weighted by molar-refractivity contribution is 0.352. The maximum atomic E-state index is 5.39. The smallest absolute Gasteiger partial charge is 0.165 e. The predicted molar refractivity (Wildman–Crippen MR) is 73.3 cm³/mol. The van der Waals surface area contributed by atoms with E-state index in [1.807, 2.05) is 48.5 Å². The number of nitrogens with one attached hydrogen (secondary N) is 1. The highest BCUT2D eigenvalue weighted by molar-refractivity contribution is 5.49. The minimum atomic E-state index is 0.699. The molecule has 18 heavy (non-hydrogen) atoms. The van der Waals surface area contributed by atoms with Gasteiger partial charge >= 0.3 is 0 Å². The third kappa shape index (κ3) is 2.74. The van der Waals surface area contributed by atoms with E-state index in [9.17, 15) is 0 Å². The van der Waals surface area contributed by atoms with E-state index in [0.717, 1.165) is 22.7 Å². The summed E-state index contributed by atoms with van der Waals surface area (Å²) in [5.41, 5.74) is 2.16. The number of anilines is 1. The van der Waals surface area contributed by atoms with Crippen LogP contribution in [0.1, 0.15) is 5.56 Å². The molecule has 2 aromatic carbocycles.